The summed E-state index contributed by atoms with van der Waals surface area (Å²) in [7, 11) is 0. The molecule has 0 saturated carbocycles. The van der Waals surface area contributed by atoms with Gasteiger partial charge in [-0.05, 0) is 72.5 Å². The topological polar surface area (TPSA) is 65.2 Å². The molecule has 3 aromatic carbocycles. The van der Waals surface area contributed by atoms with Crippen molar-refractivity contribution in [2.24, 2.45) is 9.98 Å². The Bertz CT molecular complexity index is 1190. The highest BCUT2D eigenvalue weighted by molar-refractivity contribution is 5.87. The first-order chi connectivity index (χ1) is 16.8. The van der Waals surface area contributed by atoms with E-state index in [0.29, 0.717) is 11.4 Å². The quantitative estimate of drug-likeness (QED) is 0.264. The Morgan fingerprint density at radius 2 is 0.972 bits per heavy atom. The fraction of sp³-hybridized carbons (Fsp3) is 0.231. The fourth-order valence-electron chi connectivity index (χ4n) is 3.41. The maximum atomic E-state index is 13.2. The lowest BCUT2D eigenvalue weighted by Crippen LogP contribution is -2.07. The van der Waals surface area contributed by atoms with Crippen LogP contribution in [0.25, 0.3) is 0 Å². The van der Waals surface area contributed by atoms with Crippen molar-refractivity contribution >= 4 is 23.8 Å². The van der Waals surface area contributed by atoms with E-state index in [-0.39, 0.29) is 46.6 Å². The summed E-state index contributed by atoms with van der Waals surface area (Å²) in [4.78, 5) is 8.20. The van der Waals surface area contributed by atoms with Crippen molar-refractivity contribution in [3.8, 4) is 11.5 Å². The average Bonchev–Trinajstić information content (AvgIpc) is 2.82. The second-order valence-electron chi connectivity index (χ2n) is 7.88. The van der Waals surface area contributed by atoms with Gasteiger partial charge >= 0.3 is 12.4 Å². The summed E-state index contributed by atoms with van der Waals surface area (Å²) in [6, 6.07) is 9.40. The van der Waals surface area contributed by atoms with Crippen LogP contribution in [0.2, 0.25) is 0 Å². The fourth-order valence-corrected chi connectivity index (χ4v) is 3.41. The number of halogens is 6. The number of rotatable bonds is 6. The lowest BCUT2D eigenvalue weighted by Gasteiger charge is -2.12. The standard InChI is InChI=1S/C26H22F6N2O2/c1-3-15-9-19(25(27,28)29)11-17(23(15)35)13-33-21-5-7-22(8-6-21)34-14-18-12-20(26(30,31)32)10-16(4-2)24(18)36/h5-14,35-36H,3-4H2,1-2H3. The molecule has 2 N–H and O–H groups in total. The van der Waals surface area contributed by atoms with E-state index >= 15 is 0 Å². The van der Waals surface area contributed by atoms with Crippen molar-refractivity contribution < 1.29 is 36.6 Å². The monoisotopic (exact) mass is 508 g/mol. The number of alkyl halides is 6. The molecule has 0 spiro atoms. The van der Waals surface area contributed by atoms with Crippen molar-refractivity contribution in [1.29, 1.82) is 0 Å². The summed E-state index contributed by atoms with van der Waals surface area (Å²) in [5.41, 5.74) is -0.996. The molecule has 0 saturated heterocycles. The number of phenols is 2. The normalized spacial score (nSPS) is 12.7. The van der Waals surface area contributed by atoms with E-state index in [4.69, 9.17) is 0 Å². The molecular weight excluding hydrogens is 486 g/mol. The van der Waals surface area contributed by atoms with E-state index < -0.39 is 23.5 Å². The van der Waals surface area contributed by atoms with Gasteiger partial charge in [-0.2, -0.15) is 26.3 Å². The molecule has 0 unspecified atom stereocenters. The Morgan fingerprint density at radius 1 is 0.639 bits per heavy atom. The Morgan fingerprint density at radius 3 is 1.25 bits per heavy atom. The number of aryl methyl sites for hydroxylation is 2. The highest BCUT2D eigenvalue weighted by Crippen LogP contribution is 2.36. The van der Waals surface area contributed by atoms with Crippen molar-refractivity contribution in [2.45, 2.75) is 39.0 Å². The predicted molar refractivity (Wildman–Crippen MR) is 126 cm³/mol. The van der Waals surface area contributed by atoms with Gasteiger partial charge in [-0.1, -0.05) is 13.8 Å². The van der Waals surface area contributed by atoms with Gasteiger partial charge in [-0.25, -0.2) is 0 Å². The maximum absolute atomic E-state index is 13.2. The molecule has 0 bridgehead atoms. The summed E-state index contributed by atoms with van der Waals surface area (Å²) in [6.45, 7) is 3.25. The zero-order valence-corrected chi connectivity index (χ0v) is 19.2. The van der Waals surface area contributed by atoms with Crippen molar-refractivity contribution in [1.82, 2.24) is 0 Å². The van der Waals surface area contributed by atoms with Crippen LogP contribution in [0.5, 0.6) is 11.5 Å². The van der Waals surface area contributed by atoms with Gasteiger partial charge in [-0.15, -0.1) is 0 Å². The molecule has 0 aliphatic rings. The Labute approximate surface area is 203 Å². The highest BCUT2D eigenvalue weighted by atomic mass is 19.4. The molecule has 190 valence electrons. The van der Waals surface area contributed by atoms with Crippen molar-refractivity contribution in [3.05, 3.63) is 81.9 Å². The summed E-state index contributed by atoms with van der Waals surface area (Å²) >= 11 is 0. The molecule has 10 heteroatoms. The third-order valence-electron chi connectivity index (χ3n) is 5.41. The molecule has 3 rings (SSSR count). The van der Waals surface area contributed by atoms with Gasteiger partial charge in [0.25, 0.3) is 0 Å². The van der Waals surface area contributed by atoms with Crippen LogP contribution in [0.1, 0.15) is 47.2 Å². The van der Waals surface area contributed by atoms with E-state index in [1.54, 1.807) is 13.8 Å². The molecule has 0 amide bonds. The highest BCUT2D eigenvalue weighted by Gasteiger charge is 2.32. The molecule has 0 atom stereocenters. The number of hydrogen-bond donors (Lipinski definition) is 2. The first kappa shape index (κ1) is 26.8. The van der Waals surface area contributed by atoms with Gasteiger partial charge in [0.2, 0.25) is 0 Å². The van der Waals surface area contributed by atoms with Gasteiger partial charge in [0.05, 0.1) is 22.5 Å². The molecule has 4 nitrogen and oxygen atoms in total. The molecule has 0 aliphatic carbocycles. The Balaban J connectivity index is 1.85. The third-order valence-corrected chi connectivity index (χ3v) is 5.41. The van der Waals surface area contributed by atoms with Crippen LogP contribution in [-0.2, 0) is 25.2 Å². The van der Waals surface area contributed by atoms with Gasteiger partial charge < -0.3 is 10.2 Å². The summed E-state index contributed by atoms with van der Waals surface area (Å²) < 4.78 is 78.9. The summed E-state index contributed by atoms with van der Waals surface area (Å²) in [5, 5.41) is 20.5. The van der Waals surface area contributed by atoms with Crippen LogP contribution in [0.15, 0.2) is 58.5 Å². The smallest absolute Gasteiger partial charge is 0.416 e. The van der Waals surface area contributed by atoms with Crippen LogP contribution < -0.4 is 0 Å². The molecule has 0 aliphatic heterocycles. The van der Waals surface area contributed by atoms with Crippen LogP contribution in [-0.4, -0.2) is 22.6 Å². The molecule has 36 heavy (non-hydrogen) atoms. The number of nitrogens with zero attached hydrogens (tertiary/aromatic N) is 2. The second-order valence-corrected chi connectivity index (χ2v) is 7.88. The van der Waals surface area contributed by atoms with Gasteiger partial charge in [0.15, 0.2) is 0 Å². The summed E-state index contributed by atoms with van der Waals surface area (Å²) in [5.74, 6) is -0.578. The van der Waals surface area contributed by atoms with Crippen molar-refractivity contribution in [2.75, 3.05) is 0 Å². The van der Waals surface area contributed by atoms with E-state index in [2.05, 4.69) is 9.98 Å². The lowest BCUT2D eigenvalue weighted by atomic mass is 10.0. The molecule has 0 radical (unpaired) electrons. The average molecular weight is 508 g/mol. The minimum atomic E-state index is -4.58. The number of benzene rings is 3. The first-order valence-electron chi connectivity index (χ1n) is 10.9. The largest absolute Gasteiger partial charge is 0.507 e. The van der Waals surface area contributed by atoms with Gasteiger partial charge in [-0.3, -0.25) is 9.98 Å². The van der Waals surface area contributed by atoms with Gasteiger partial charge in [0.1, 0.15) is 11.5 Å². The van der Waals surface area contributed by atoms with Crippen molar-refractivity contribution in [3.63, 3.8) is 0 Å². The maximum Gasteiger partial charge on any atom is 0.416 e. The molecule has 0 fully saturated rings. The van der Waals surface area contributed by atoms with E-state index in [9.17, 15) is 36.6 Å². The lowest BCUT2D eigenvalue weighted by molar-refractivity contribution is -0.138. The third kappa shape index (κ3) is 6.24. The number of phenolic OH excluding ortho intramolecular Hbond substituents is 2. The number of aliphatic imine (C=N–C) groups is 2. The zero-order valence-electron chi connectivity index (χ0n) is 19.2. The van der Waals surface area contributed by atoms with Crippen LogP contribution >= 0.6 is 0 Å². The Kier molecular flexibility index (Phi) is 7.76. The SMILES string of the molecule is CCc1cc(C(F)(F)F)cc(C=Nc2ccc(N=Cc3cc(C(F)(F)F)cc(CC)c3O)cc2)c1O. The summed E-state index contributed by atoms with van der Waals surface area (Å²) in [6.07, 6.45) is -6.52. The van der Waals surface area contributed by atoms with Gasteiger partial charge in [0, 0.05) is 23.6 Å². The minimum absolute atomic E-state index is 0.0875. The number of hydrogen-bond acceptors (Lipinski definition) is 4. The second kappa shape index (κ2) is 10.4. The zero-order chi connectivity index (χ0) is 26.7. The molecule has 3 aromatic rings. The minimum Gasteiger partial charge on any atom is -0.507 e. The molecule has 0 aromatic heterocycles. The van der Waals surface area contributed by atoms with Crippen LogP contribution in [0.3, 0.4) is 0 Å². The predicted octanol–water partition coefficient (Wildman–Crippen LogP) is 7.76. The van der Waals surface area contributed by atoms with Crippen LogP contribution in [0, 0.1) is 0 Å². The van der Waals surface area contributed by atoms with E-state index in [1.807, 2.05) is 0 Å². The molecule has 0 heterocycles. The molecular formula is C26H22F6N2O2. The van der Waals surface area contributed by atoms with E-state index in [1.165, 1.54) is 24.3 Å². The first-order valence-corrected chi connectivity index (χ1v) is 10.9. The Hall–Kier alpha value is -3.82. The van der Waals surface area contributed by atoms with Crippen LogP contribution in [0.4, 0.5) is 37.7 Å². The van der Waals surface area contributed by atoms with E-state index in [0.717, 1.165) is 36.7 Å². The number of aromatic hydroxyl groups is 2.